The van der Waals surface area contributed by atoms with Gasteiger partial charge in [-0.1, -0.05) is 37.4 Å². The minimum atomic E-state index is -0.251. The summed E-state index contributed by atoms with van der Waals surface area (Å²) < 4.78 is 13.2. The van der Waals surface area contributed by atoms with Crippen LogP contribution in [0.15, 0.2) is 18.2 Å². The highest BCUT2D eigenvalue weighted by molar-refractivity contribution is 6.31. The first-order valence-electron chi connectivity index (χ1n) is 6.84. The lowest BCUT2D eigenvalue weighted by atomic mass is 9.78. The fourth-order valence-electron chi connectivity index (χ4n) is 3.02. The van der Waals surface area contributed by atoms with Gasteiger partial charge in [0.2, 0.25) is 0 Å². The quantitative estimate of drug-likeness (QED) is 0.787. The van der Waals surface area contributed by atoms with E-state index in [9.17, 15) is 4.39 Å². The van der Waals surface area contributed by atoms with Crippen LogP contribution in [0.25, 0.3) is 0 Å². The third kappa shape index (κ3) is 2.86. The molecule has 2 rings (SSSR count). The zero-order valence-corrected chi connectivity index (χ0v) is 11.7. The third-order valence-corrected chi connectivity index (χ3v) is 4.27. The van der Waals surface area contributed by atoms with Gasteiger partial charge in [-0.2, -0.15) is 0 Å². The molecule has 100 valence electrons. The van der Waals surface area contributed by atoms with Gasteiger partial charge in [0.25, 0.3) is 0 Å². The van der Waals surface area contributed by atoms with E-state index in [-0.39, 0.29) is 11.2 Å². The van der Waals surface area contributed by atoms with Gasteiger partial charge >= 0.3 is 0 Å². The van der Waals surface area contributed by atoms with Gasteiger partial charge in [0, 0.05) is 17.0 Å². The first-order valence-corrected chi connectivity index (χ1v) is 7.22. The van der Waals surface area contributed by atoms with E-state index in [1.54, 1.807) is 0 Å². The van der Waals surface area contributed by atoms with Gasteiger partial charge < -0.3 is 5.32 Å². The second-order valence-electron chi connectivity index (χ2n) is 5.29. The predicted octanol–water partition coefficient (Wildman–Crippen LogP) is 4.29. The average Bonchev–Trinajstić information content (AvgIpc) is 2.79. The number of benzene rings is 1. The Hall–Kier alpha value is -0.600. The summed E-state index contributed by atoms with van der Waals surface area (Å²) in [5.41, 5.74) is 1.23. The first kappa shape index (κ1) is 13.8. The van der Waals surface area contributed by atoms with Crippen molar-refractivity contribution in [2.24, 2.45) is 0 Å². The normalized spacial score (nSPS) is 18.2. The fourth-order valence-corrected chi connectivity index (χ4v) is 3.38. The highest BCUT2D eigenvalue weighted by Gasteiger charge is 2.36. The molecule has 0 bridgehead atoms. The molecular weight excluding hydrogens is 249 g/mol. The van der Waals surface area contributed by atoms with Crippen LogP contribution in [0.2, 0.25) is 5.02 Å². The van der Waals surface area contributed by atoms with Crippen molar-refractivity contribution in [1.82, 2.24) is 5.32 Å². The molecule has 0 radical (unpaired) electrons. The second-order valence-corrected chi connectivity index (χ2v) is 5.70. The zero-order chi connectivity index (χ0) is 13.0. The minimum absolute atomic E-state index is 0.111. The molecule has 1 aliphatic carbocycles. The SMILES string of the molecule is CCCNCC1(c2ccc(F)cc2Cl)CCCC1. The van der Waals surface area contributed by atoms with Crippen LogP contribution in [0.4, 0.5) is 4.39 Å². The zero-order valence-electron chi connectivity index (χ0n) is 10.9. The summed E-state index contributed by atoms with van der Waals surface area (Å²) >= 11 is 6.24. The molecule has 1 saturated carbocycles. The van der Waals surface area contributed by atoms with Gasteiger partial charge in [-0.25, -0.2) is 4.39 Å². The second kappa shape index (κ2) is 6.03. The maximum absolute atomic E-state index is 13.2. The fraction of sp³-hybridized carbons (Fsp3) is 0.600. The Balaban J connectivity index is 2.23. The van der Waals surface area contributed by atoms with E-state index in [4.69, 9.17) is 11.6 Å². The van der Waals surface area contributed by atoms with E-state index in [1.165, 1.54) is 25.0 Å². The van der Waals surface area contributed by atoms with Crippen molar-refractivity contribution in [3.05, 3.63) is 34.6 Å². The van der Waals surface area contributed by atoms with E-state index in [1.807, 2.05) is 6.07 Å². The monoisotopic (exact) mass is 269 g/mol. The standard InChI is InChI=1S/C15H21ClFN/c1-2-9-18-11-15(7-3-4-8-15)13-6-5-12(17)10-14(13)16/h5-6,10,18H,2-4,7-9,11H2,1H3. The molecule has 0 heterocycles. The van der Waals surface area contributed by atoms with Crippen molar-refractivity contribution in [3.8, 4) is 0 Å². The van der Waals surface area contributed by atoms with E-state index in [0.717, 1.165) is 37.9 Å². The summed E-state index contributed by atoms with van der Waals surface area (Å²) in [4.78, 5) is 0. The molecule has 1 aromatic rings. The van der Waals surface area contributed by atoms with E-state index < -0.39 is 0 Å². The van der Waals surface area contributed by atoms with Crippen LogP contribution in [0.5, 0.6) is 0 Å². The summed E-state index contributed by atoms with van der Waals surface area (Å²) in [5, 5.41) is 4.08. The lowest BCUT2D eigenvalue weighted by molar-refractivity contribution is 0.405. The summed E-state index contributed by atoms with van der Waals surface area (Å²) in [6, 6.07) is 4.84. The van der Waals surface area contributed by atoms with Crippen LogP contribution >= 0.6 is 11.6 Å². The molecule has 0 unspecified atom stereocenters. The maximum atomic E-state index is 13.2. The van der Waals surface area contributed by atoms with Crippen LogP contribution in [-0.4, -0.2) is 13.1 Å². The highest BCUT2D eigenvalue weighted by atomic mass is 35.5. The highest BCUT2D eigenvalue weighted by Crippen LogP contribution is 2.43. The van der Waals surface area contributed by atoms with Gasteiger partial charge in [0.15, 0.2) is 0 Å². The summed E-state index contributed by atoms with van der Waals surface area (Å²) in [6.07, 6.45) is 5.90. The third-order valence-electron chi connectivity index (χ3n) is 3.95. The topological polar surface area (TPSA) is 12.0 Å². The van der Waals surface area contributed by atoms with Gasteiger partial charge in [0.05, 0.1) is 0 Å². The molecule has 3 heteroatoms. The number of nitrogens with one attached hydrogen (secondary N) is 1. The van der Waals surface area contributed by atoms with Crippen LogP contribution in [0.1, 0.15) is 44.6 Å². The number of hydrogen-bond acceptors (Lipinski definition) is 1. The van der Waals surface area contributed by atoms with Gasteiger partial charge in [-0.15, -0.1) is 0 Å². The number of rotatable bonds is 5. The molecule has 1 aliphatic rings. The smallest absolute Gasteiger partial charge is 0.124 e. The van der Waals surface area contributed by atoms with Crippen molar-refractivity contribution in [1.29, 1.82) is 0 Å². The molecule has 0 atom stereocenters. The number of hydrogen-bond donors (Lipinski definition) is 1. The van der Waals surface area contributed by atoms with Crippen molar-refractivity contribution >= 4 is 11.6 Å². The predicted molar refractivity (Wildman–Crippen MR) is 74.7 cm³/mol. The molecule has 1 aromatic carbocycles. The molecule has 1 fully saturated rings. The van der Waals surface area contributed by atoms with Gasteiger partial charge in [0.1, 0.15) is 5.82 Å². The van der Waals surface area contributed by atoms with Gasteiger partial charge in [-0.3, -0.25) is 0 Å². The molecular formula is C15H21ClFN. The molecule has 1 nitrogen and oxygen atoms in total. The Kier molecular flexibility index (Phi) is 4.63. The number of halogens is 2. The lowest BCUT2D eigenvalue weighted by Crippen LogP contribution is -2.36. The van der Waals surface area contributed by atoms with Crippen molar-refractivity contribution in [2.45, 2.75) is 44.4 Å². The van der Waals surface area contributed by atoms with Crippen molar-refractivity contribution < 1.29 is 4.39 Å². The van der Waals surface area contributed by atoms with Crippen LogP contribution in [0.3, 0.4) is 0 Å². The maximum Gasteiger partial charge on any atom is 0.124 e. The summed E-state index contributed by atoms with van der Waals surface area (Å²) in [6.45, 7) is 4.14. The molecule has 18 heavy (non-hydrogen) atoms. The largest absolute Gasteiger partial charge is 0.316 e. The Morgan fingerprint density at radius 3 is 2.67 bits per heavy atom. The van der Waals surface area contributed by atoms with Crippen molar-refractivity contribution in [2.75, 3.05) is 13.1 Å². The van der Waals surface area contributed by atoms with E-state index in [0.29, 0.717) is 5.02 Å². The summed E-state index contributed by atoms with van der Waals surface area (Å²) in [7, 11) is 0. The molecule has 0 spiro atoms. The van der Waals surface area contributed by atoms with E-state index >= 15 is 0 Å². The van der Waals surface area contributed by atoms with Crippen LogP contribution in [0, 0.1) is 5.82 Å². The molecule has 0 aromatic heterocycles. The van der Waals surface area contributed by atoms with Gasteiger partial charge in [-0.05, 0) is 43.5 Å². The Labute approximate surface area is 114 Å². The Morgan fingerprint density at radius 2 is 2.06 bits per heavy atom. The summed E-state index contributed by atoms with van der Waals surface area (Å²) in [5.74, 6) is -0.251. The Morgan fingerprint density at radius 1 is 1.33 bits per heavy atom. The van der Waals surface area contributed by atoms with Crippen LogP contribution in [-0.2, 0) is 5.41 Å². The molecule has 1 N–H and O–H groups in total. The first-order chi connectivity index (χ1) is 8.68. The van der Waals surface area contributed by atoms with Crippen LogP contribution < -0.4 is 5.32 Å². The van der Waals surface area contributed by atoms with E-state index in [2.05, 4.69) is 12.2 Å². The lowest BCUT2D eigenvalue weighted by Gasteiger charge is -2.31. The molecule has 0 amide bonds. The molecule has 0 saturated heterocycles. The average molecular weight is 270 g/mol. The Bertz CT molecular complexity index is 399. The minimum Gasteiger partial charge on any atom is -0.316 e. The molecule has 0 aliphatic heterocycles. The van der Waals surface area contributed by atoms with Crippen molar-refractivity contribution in [3.63, 3.8) is 0 Å².